The van der Waals surface area contributed by atoms with E-state index in [0.717, 1.165) is 10.8 Å². The van der Waals surface area contributed by atoms with Crippen molar-refractivity contribution in [3.8, 4) is 0 Å². The van der Waals surface area contributed by atoms with Crippen LogP contribution in [0.2, 0.25) is 0 Å². The van der Waals surface area contributed by atoms with Gasteiger partial charge in [-0.1, -0.05) is 44.2 Å². The summed E-state index contributed by atoms with van der Waals surface area (Å²) in [6, 6.07) is 12.6. The zero-order valence-corrected chi connectivity index (χ0v) is 13.2. The Hall–Kier alpha value is -1.43. The van der Waals surface area contributed by atoms with Gasteiger partial charge in [0.05, 0.1) is 10.5 Å². The Balaban J connectivity index is 2.25. The van der Waals surface area contributed by atoms with Gasteiger partial charge in [-0.3, -0.25) is 0 Å². The molecule has 0 atom stereocenters. The molecule has 2 aromatic carbocycles. The first-order chi connectivity index (χ1) is 9.90. The molecule has 0 aromatic heterocycles. The number of aliphatic hydroxyl groups is 1. The molecule has 0 unspecified atom stereocenters. The van der Waals surface area contributed by atoms with Gasteiger partial charge < -0.3 is 5.11 Å². The third-order valence-electron chi connectivity index (χ3n) is 3.94. The standard InChI is InChI=1S/C16H21NO3S/c1-3-16(18,4-2)12-17-21(19,20)15-10-9-13-7-5-6-8-14(13)11-15/h5-11,17-18H,3-4,12H2,1-2H3. The first-order valence-corrected chi connectivity index (χ1v) is 8.59. The molecule has 0 aliphatic heterocycles. The zero-order valence-electron chi connectivity index (χ0n) is 12.3. The van der Waals surface area contributed by atoms with E-state index in [0.29, 0.717) is 12.8 Å². The van der Waals surface area contributed by atoms with Gasteiger partial charge in [0.1, 0.15) is 0 Å². The van der Waals surface area contributed by atoms with E-state index in [-0.39, 0.29) is 11.4 Å². The summed E-state index contributed by atoms with van der Waals surface area (Å²) in [6.07, 6.45) is 1.01. The van der Waals surface area contributed by atoms with Crippen LogP contribution in [0.15, 0.2) is 47.4 Å². The second kappa shape index (κ2) is 6.13. The van der Waals surface area contributed by atoms with Gasteiger partial charge >= 0.3 is 0 Å². The third-order valence-corrected chi connectivity index (χ3v) is 5.34. The van der Waals surface area contributed by atoms with Crippen molar-refractivity contribution in [3.63, 3.8) is 0 Å². The maximum absolute atomic E-state index is 12.3. The molecule has 0 heterocycles. The van der Waals surface area contributed by atoms with Crippen LogP contribution in [0, 0.1) is 0 Å². The van der Waals surface area contributed by atoms with Crippen molar-refractivity contribution in [3.05, 3.63) is 42.5 Å². The fourth-order valence-corrected chi connectivity index (χ4v) is 3.30. The molecular formula is C16H21NO3S. The Morgan fingerprint density at radius 2 is 1.67 bits per heavy atom. The second-order valence-electron chi connectivity index (χ2n) is 5.26. The predicted molar refractivity (Wildman–Crippen MR) is 84.7 cm³/mol. The molecule has 0 aliphatic rings. The Labute approximate surface area is 125 Å². The van der Waals surface area contributed by atoms with Gasteiger partial charge in [-0.25, -0.2) is 13.1 Å². The molecule has 5 heteroatoms. The highest BCUT2D eigenvalue weighted by molar-refractivity contribution is 7.89. The van der Waals surface area contributed by atoms with Crippen LogP contribution in [0.3, 0.4) is 0 Å². The average molecular weight is 307 g/mol. The van der Waals surface area contributed by atoms with Crippen LogP contribution in [0.4, 0.5) is 0 Å². The summed E-state index contributed by atoms with van der Waals surface area (Å²) in [6.45, 7) is 3.71. The quantitative estimate of drug-likeness (QED) is 0.862. The van der Waals surface area contributed by atoms with E-state index in [4.69, 9.17) is 0 Å². The maximum atomic E-state index is 12.3. The molecule has 4 nitrogen and oxygen atoms in total. The van der Waals surface area contributed by atoms with Crippen LogP contribution in [0.5, 0.6) is 0 Å². The van der Waals surface area contributed by atoms with Crippen LogP contribution >= 0.6 is 0 Å². The summed E-state index contributed by atoms with van der Waals surface area (Å²) in [5, 5.41) is 12.1. The number of benzene rings is 2. The molecule has 0 fully saturated rings. The molecule has 114 valence electrons. The zero-order chi connectivity index (χ0) is 15.5. The minimum atomic E-state index is -3.62. The van der Waals surface area contributed by atoms with Gasteiger partial charge in [0.2, 0.25) is 10.0 Å². The summed E-state index contributed by atoms with van der Waals surface area (Å²) in [5.41, 5.74) is -0.996. The number of hydrogen-bond donors (Lipinski definition) is 2. The van der Waals surface area contributed by atoms with E-state index in [1.807, 2.05) is 38.1 Å². The van der Waals surface area contributed by atoms with Crippen LogP contribution in [-0.4, -0.2) is 25.7 Å². The average Bonchev–Trinajstić information content (AvgIpc) is 2.52. The van der Waals surface area contributed by atoms with Crippen LogP contribution in [0.1, 0.15) is 26.7 Å². The SMILES string of the molecule is CCC(O)(CC)CNS(=O)(=O)c1ccc2ccccc2c1. The van der Waals surface area contributed by atoms with E-state index in [2.05, 4.69) is 4.72 Å². The lowest BCUT2D eigenvalue weighted by Crippen LogP contribution is -2.41. The van der Waals surface area contributed by atoms with Crippen molar-refractivity contribution in [2.24, 2.45) is 0 Å². The molecule has 2 N–H and O–H groups in total. The van der Waals surface area contributed by atoms with Crippen molar-refractivity contribution in [2.75, 3.05) is 6.54 Å². The first-order valence-electron chi connectivity index (χ1n) is 7.11. The number of sulfonamides is 1. The topological polar surface area (TPSA) is 66.4 Å². The predicted octanol–water partition coefficient (Wildman–Crippen LogP) is 2.67. The van der Waals surface area contributed by atoms with Crippen LogP contribution in [-0.2, 0) is 10.0 Å². The normalized spacial score (nSPS) is 12.7. The third kappa shape index (κ3) is 3.61. The number of fused-ring (bicyclic) bond motifs is 1. The highest BCUT2D eigenvalue weighted by atomic mass is 32.2. The molecule has 0 saturated heterocycles. The first kappa shape index (κ1) is 15.9. The Morgan fingerprint density at radius 3 is 2.29 bits per heavy atom. The lowest BCUT2D eigenvalue weighted by atomic mass is 9.98. The second-order valence-corrected chi connectivity index (χ2v) is 7.03. The van der Waals surface area contributed by atoms with Gasteiger partial charge in [-0.05, 0) is 35.7 Å². The van der Waals surface area contributed by atoms with Crippen molar-refractivity contribution in [1.29, 1.82) is 0 Å². The van der Waals surface area contributed by atoms with E-state index in [9.17, 15) is 13.5 Å². The summed E-state index contributed by atoms with van der Waals surface area (Å²) < 4.78 is 27.2. The molecule has 0 aliphatic carbocycles. The highest BCUT2D eigenvalue weighted by Crippen LogP contribution is 2.20. The van der Waals surface area contributed by atoms with E-state index >= 15 is 0 Å². The van der Waals surface area contributed by atoms with Crippen molar-refractivity contribution < 1.29 is 13.5 Å². The van der Waals surface area contributed by atoms with Crippen LogP contribution in [0.25, 0.3) is 10.8 Å². The molecule has 0 saturated carbocycles. The fraction of sp³-hybridized carbons (Fsp3) is 0.375. The number of hydrogen-bond acceptors (Lipinski definition) is 3. The molecular weight excluding hydrogens is 286 g/mol. The molecule has 2 aromatic rings. The number of nitrogens with one attached hydrogen (secondary N) is 1. The minimum absolute atomic E-state index is 0.0230. The summed E-state index contributed by atoms with van der Waals surface area (Å²) >= 11 is 0. The monoisotopic (exact) mass is 307 g/mol. The molecule has 0 bridgehead atoms. The Bertz CT molecular complexity index is 721. The van der Waals surface area contributed by atoms with Crippen molar-refractivity contribution in [2.45, 2.75) is 37.2 Å². The van der Waals surface area contributed by atoms with Gasteiger partial charge in [-0.15, -0.1) is 0 Å². The van der Waals surface area contributed by atoms with Crippen molar-refractivity contribution >= 4 is 20.8 Å². The highest BCUT2D eigenvalue weighted by Gasteiger charge is 2.25. The lowest BCUT2D eigenvalue weighted by molar-refractivity contribution is 0.0377. The minimum Gasteiger partial charge on any atom is -0.389 e. The van der Waals surface area contributed by atoms with Gasteiger partial charge in [0, 0.05) is 6.54 Å². The smallest absolute Gasteiger partial charge is 0.240 e. The van der Waals surface area contributed by atoms with Gasteiger partial charge in [-0.2, -0.15) is 0 Å². The largest absolute Gasteiger partial charge is 0.389 e. The van der Waals surface area contributed by atoms with Crippen LogP contribution < -0.4 is 4.72 Å². The van der Waals surface area contributed by atoms with Gasteiger partial charge in [0.25, 0.3) is 0 Å². The summed E-state index contributed by atoms with van der Waals surface area (Å²) in [5.74, 6) is 0. The Morgan fingerprint density at radius 1 is 1.05 bits per heavy atom. The number of rotatable bonds is 6. The molecule has 21 heavy (non-hydrogen) atoms. The Kier molecular flexibility index (Phi) is 4.66. The molecule has 2 rings (SSSR count). The van der Waals surface area contributed by atoms with E-state index in [1.165, 1.54) is 0 Å². The van der Waals surface area contributed by atoms with E-state index < -0.39 is 15.6 Å². The summed E-state index contributed by atoms with van der Waals surface area (Å²) in [7, 11) is -3.62. The fourth-order valence-electron chi connectivity index (χ4n) is 2.15. The van der Waals surface area contributed by atoms with Gasteiger partial charge in [0.15, 0.2) is 0 Å². The van der Waals surface area contributed by atoms with Crippen molar-refractivity contribution in [1.82, 2.24) is 4.72 Å². The summed E-state index contributed by atoms with van der Waals surface area (Å²) in [4.78, 5) is 0.218. The molecule has 0 amide bonds. The molecule has 0 radical (unpaired) electrons. The lowest BCUT2D eigenvalue weighted by Gasteiger charge is -2.25. The van der Waals surface area contributed by atoms with E-state index in [1.54, 1.807) is 18.2 Å². The molecule has 0 spiro atoms. The maximum Gasteiger partial charge on any atom is 0.240 e.